The van der Waals surface area contributed by atoms with Crippen molar-refractivity contribution < 1.29 is 14.7 Å². The summed E-state index contributed by atoms with van der Waals surface area (Å²) in [6, 6.07) is 4.38. The Morgan fingerprint density at radius 3 is 2.68 bits per heavy atom. The molecule has 2 aromatic rings. The lowest BCUT2D eigenvalue weighted by Gasteiger charge is -2.16. The van der Waals surface area contributed by atoms with Crippen LogP contribution < -0.4 is 5.32 Å². The highest BCUT2D eigenvalue weighted by molar-refractivity contribution is 7.09. The molecular weight excluding hydrogens is 300 g/mol. The molecule has 0 saturated carbocycles. The number of carboxylic acids is 1. The van der Waals surface area contributed by atoms with Gasteiger partial charge in [0.25, 0.3) is 0 Å². The van der Waals surface area contributed by atoms with Crippen LogP contribution in [-0.2, 0) is 16.0 Å². The smallest absolute Gasteiger partial charge is 0.330 e. The highest BCUT2D eigenvalue weighted by atomic mass is 32.1. The number of rotatable bonds is 6. The monoisotopic (exact) mass is 318 g/mol. The van der Waals surface area contributed by atoms with Gasteiger partial charge in [0.05, 0.1) is 5.01 Å². The summed E-state index contributed by atoms with van der Waals surface area (Å²) in [4.78, 5) is 27.5. The van der Waals surface area contributed by atoms with Gasteiger partial charge in [0, 0.05) is 24.4 Å². The predicted octanol–water partition coefficient (Wildman–Crippen LogP) is 2.63. The summed E-state index contributed by atoms with van der Waals surface area (Å²) in [6.45, 7) is 3.88. The van der Waals surface area contributed by atoms with E-state index in [2.05, 4.69) is 10.3 Å². The fourth-order valence-electron chi connectivity index (χ4n) is 2.06. The summed E-state index contributed by atoms with van der Waals surface area (Å²) in [7, 11) is 0. The summed E-state index contributed by atoms with van der Waals surface area (Å²) in [5.41, 5.74) is 2.67. The first-order valence-corrected chi connectivity index (χ1v) is 7.83. The number of nitrogens with one attached hydrogen (secondary N) is 1. The van der Waals surface area contributed by atoms with Crippen molar-refractivity contribution in [1.82, 2.24) is 10.3 Å². The van der Waals surface area contributed by atoms with Crippen molar-refractivity contribution in [2.75, 3.05) is 0 Å². The van der Waals surface area contributed by atoms with E-state index in [-0.39, 0.29) is 12.3 Å². The number of hydrogen-bond acceptors (Lipinski definition) is 4. The molecule has 0 aliphatic carbocycles. The van der Waals surface area contributed by atoms with E-state index in [9.17, 15) is 14.7 Å². The van der Waals surface area contributed by atoms with Gasteiger partial charge in [-0.2, -0.15) is 0 Å². The second kappa shape index (κ2) is 7.17. The zero-order chi connectivity index (χ0) is 16.1. The van der Waals surface area contributed by atoms with Gasteiger partial charge in [0.15, 0.2) is 6.04 Å². The summed E-state index contributed by atoms with van der Waals surface area (Å²) < 4.78 is 0. The first-order valence-electron chi connectivity index (χ1n) is 6.95. The zero-order valence-corrected chi connectivity index (χ0v) is 13.3. The highest BCUT2D eigenvalue weighted by Crippen LogP contribution is 2.18. The Kier molecular flexibility index (Phi) is 5.27. The van der Waals surface area contributed by atoms with E-state index in [0.29, 0.717) is 12.0 Å². The zero-order valence-electron chi connectivity index (χ0n) is 12.5. The molecule has 22 heavy (non-hydrogen) atoms. The van der Waals surface area contributed by atoms with Crippen molar-refractivity contribution in [2.45, 2.75) is 32.7 Å². The minimum atomic E-state index is -1.06. The van der Waals surface area contributed by atoms with E-state index < -0.39 is 12.0 Å². The van der Waals surface area contributed by atoms with Crippen molar-refractivity contribution >= 4 is 23.2 Å². The molecule has 116 valence electrons. The Morgan fingerprint density at radius 1 is 1.32 bits per heavy atom. The Bertz CT molecular complexity index is 668. The van der Waals surface area contributed by atoms with E-state index in [1.54, 1.807) is 18.3 Å². The summed E-state index contributed by atoms with van der Waals surface area (Å²) in [5, 5.41) is 14.7. The molecule has 0 bridgehead atoms. The average Bonchev–Trinajstić information content (AvgIpc) is 2.98. The van der Waals surface area contributed by atoms with Crippen LogP contribution in [0.4, 0.5) is 0 Å². The van der Waals surface area contributed by atoms with Crippen molar-refractivity contribution in [2.24, 2.45) is 0 Å². The van der Waals surface area contributed by atoms with Gasteiger partial charge < -0.3 is 10.4 Å². The van der Waals surface area contributed by atoms with Gasteiger partial charge in [0.2, 0.25) is 5.91 Å². The van der Waals surface area contributed by atoms with Crippen LogP contribution in [0.15, 0.2) is 29.8 Å². The fraction of sp³-hybridized carbons (Fsp3) is 0.312. The topological polar surface area (TPSA) is 79.3 Å². The number of hydrogen-bond donors (Lipinski definition) is 2. The number of carbonyl (C=O) groups excluding carboxylic acids is 1. The number of benzene rings is 1. The number of thiazole rings is 1. The highest BCUT2D eigenvalue weighted by Gasteiger charge is 2.22. The Balaban J connectivity index is 2.03. The van der Waals surface area contributed by atoms with Crippen LogP contribution in [0.1, 0.15) is 34.2 Å². The van der Waals surface area contributed by atoms with Gasteiger partial charge in [-0.05, 0) is 30.5 Å². The number of aryl methyl sites for hydroxylation is 3. The molecule has 0 fully saturated rings. The van der Waals surface area contributed by atoms with Crippen molar-refractivity contribution in [3.8, 4) is 0 Å². The third kappa shape index (κ3) is 4.14. The summed E-state index contributed by atoms with van der Waals surface area (Å²) in [5.74, 6) is -1.35. The third-order valence-electron chi connectivity index (χ3n) is 3.47. The lowest BCUT2D eigenvalue weighted by atomic mass is 10.0. The SMILES string of the molecule is Cc1ccc(C(NC(=O)CCc2nccs2)C(=O)O)cc1C. The molecule has 0 radical (unpaired) electrons. The Hall–Kier alpha value is -2.21. The molecule has 2 N–H and O–H groups in total. The number of nitrogens with zero attached hydrogens (tertiary/aromatic N) is 1. The molecule has 6 heteroatoms. The quantitative estimate of drug-likeness (QED) is 0.858. The van der Waals surface area contributed by atoms with E-state index in [1.165, 1.54) is 11.3 Å². The van der Waals surface area contributed by atoms with Crippen molar-refractivity contribution in [3.63, 3.8) is 0 Å². The van der Waals surface area contributed by atoms with Gasteiger partial charge in [0.1, 0.15) is 0 Å². The first kappa shape index (κ1) is 16.2. The van der Waals surface area contributed by atoms with Gasteiger partial charge >= 0.3 is 5.97 Å². The van der Waals surface area contributed by atoms with Crippen LogP contribution in [0.25, 0.3) is 0 Å². The largest absolute Gasteiger partial charge is 0.479 e. The number of carbonyl (C=O) groups is 2. The standard InChI is InChI=1S/C16H18N2O3S/c1-10-3-4-12(9-11(10)2)15(16(20)21)18-13(19)5-6-14-17-7-8-22-14/h3-4,7-9,15H,5-6H2,1-2H3,(H,18,19)(H,20,21). The molecule has 0 spiro atoms. The van der Waals surface area contributed by atoms with Crippen LogP contribution in [0.3, 0.4) is 0 Å². The minimum absolute atomic E-state index is 0.224. The Labute approximate surface area is 133 Å². The van der Waals surface area contributed by atoms with E-state index in [4.69, 9.17) is 0 Å². The van der Waals surface area contributed by atoms with E-state index in [0.717, 1.165) is 16.1 Å². The normalized spacial score (nSPS) is 11.9. The van der Waals surface area contributed by atoms with Gasteiger partial charge in [-0.3, -0.25) is 4.79 Å². The van der Waals surface area contributed by atoms with Crippen LogP contribution >= 0.6 is 11.3 Å². The second-order valence-corrected chi connectivity index (χ2v) is 6.09. The maximum Gasteiger partial charge on any atom is 0.330 e. The molecule has 0 aliphatic heterocycles. The van der Waals surface area contributed by atoms with Crippen molar-refractivity contribution in [1.29, 1.82) is 0 Å². The average molecular weight is 318 g/mol. The third-order valence-corrected chi connectivity index (χ3v) is 4.31. The van der Waals surface area contributed by atoms with E-state index in [1.807, 2.05) is 25.3 Å². The fourth-order valence-corrected chi connectivity index (χ4v) is 2.68. The molecule has 0 aliphatic rings. The predicted molar refractivity (Wildman–Crippen MR) is 84.9 cm³/mol. The first-order chi connectivity index (χ1) is 10.5. The lowest BCUT2D eigenvalue weighted by Crippen LogP contribution is -2.33. The van der Waals surface area contributed by atoms with Gasteiger partial charge in [-0.1, -0.05) is 18.2 Å². The molecule has 1 heterocycles. The maximum absolute atomic E-state index is 12.0. The minimum Gasteiger partial charge on any atom is -0.479 e. The number of amides is 1. The second-order valence-electron chi connectivity index (χ2n) is 5.11. The van der Waals surface area contributed by atoms with Gasteiger partial charge in [-0.25, -0.2) is 9.78 Å². The summed E-state index contributed by atoms with van der Waals surface area (Å²) >= 11 is 1.48. The molecular formula is C16H18N2O3S. The van der Waals surface area contributed by atoms with Crippen LogP contribution in [0.5, 0.6) is 0 Å². The maximum atomic E-state index is 12.0. The summed E-state index contributed by atoms with van der Waals surface area (Å²) in [6.07, 6.45) is 2.43. The lowest BCUT2D eigenvalue weighted by molar-refractivity contribution is -0.142. The number of aromatic nitrogens is 1. The molecule has 1 unspecified atom stereocenters. The molecule has 1 atom stereocenters. The van der Waals surface area contributed by atoms with Crippen LogP contribution in [-0.4, -0.2) is 22.0 Å². The van der Waals surface area contributed by atoms with Crippen LogP contribution in [0.2, 0.25) is 0 Å². The van der Waals surface area contributed by atoms with Crippen molar-refractivity contribution in [3.05, 3.63) is 51.5 Å². The molecule has 0 saturated heterocycles. The molecule has 1 aromatic heterocycles. The number of carboxylic acid groups (broad SMARTS) is 1. The molecule has 5 nitrogen and oxygen atoms in total. The van der Waals surface area contributed by atoms with E-state index >= 15 is 0 Å². The number of aliphatic carboxylic acids is 1. The molecule has 1 aromatic carbocycles. The Morgan fingerprint density at radius 2 is 2.09 bits per heavy atom. The molecule has 1 amide bonds. The molecule has 2 rings (SSSR count). The van der Waals surface area contributed by atoms with Crippen LogP contribution in [0, 0.1) is 13.8 Å². The van der Waals surface area contributed by atoms with Gasteiger partial charge in [-0.15, -0.1) is 11.3 Å².